The fraction of sp³-hybridized carbons (Fsp3) is 1.00. The molecule has 1 fully saturated rings. The van der Waals surface area contributed by atoms with Crippen LogP contribution in [0.25, 0.3) is 0 Å². The molecule has 1 rings (SSSR count). The molecule has 1 aliphatic heterocycles. The molecular formula is C11H24N2O. The first-order valence-electron chi connectivity index (χ1n) is 5.59. The maximum atomic E-state index is 5.34. The lowest BCUT2D eigenvalue weighted by Gasteiger charge is -2.41. The molecule has 0 amide bonds. The Hall–Kier alpha value is -0.120. The summed E-state index contributed by atoms with van der Waals surface area (Å²) in [6.07, 6.45) is 2.49. The predicted molar refractivity (Wildman–Crippen MR) is 58.8 cm³/mol. The molecule has 3 nitrogen and oxygen atoms in total. The van der Waals surface area contributed by atoms with Crippen LogP contribution in [-0.2, 0) is 4.84 Å². The molecule has 2 N–H and O–H groups in total. The molecule has 3 heteroatoms. The fourth-order valence-electron chi connectivity index (χ4n) is 2.14. The van der Waals surface area contributed by atoms with Gasteiger partial charge >= 0.3 is 0 Å². The van der Waals surface area contributed by atoms with Crippen molar-refractivity contribution in [2.24, 2.45) is 11.8 Å². The smallest absolute Gasteiger partial charge is 0.0878 e. The fourth-order valence-corrected chi connectivity index (χ4v) is 2.14. The van der Waals surface area contributed by atoms with Gasteiger partial charge in [0.2, 0.25) is 0 Å². The van der Waals surface area contributed by atoms with Crippen LogP contribution in [0.4, 0.5) is 0 Å². The van der Waals surface area contributed by atoms with Crippen molar-refractivity contribution in [3.8, 4) is 0 Å². The van der Waals surface area contributed by atoms with Gasteiger partial charge in [-0.3, -0.25) is 4.84 Å². The average Bonchev–Trinajstić information content (AvgIpc) is 2.18. The zero-order chi connectivity index (χ0) is 10.8. The van der Waals surface area contributed by atoms with E-state index in [1.165, 1.54) is 19.4 Å². The Bertz CT molecular complexity index is 180. The molecule has 0 radical (unpaired) electrons. The summed E-state index contributed by atoms with van der Waals surface area (Å²) in [4.78, 5) is 7.59. The van der Waals surface area contributed by atoms with Gasteiger partial charge in [0, 0.05) is 18.5 Å². The molecule has 1 saturated heterocycles. The summed E-state index contributed by atoms with van der Waals surface area (Å²) in [6.45, 7) is 11.0. The third kappa shape index (κ3) is 2.69. The van der Waals surface area contributed by atoms with Gasteiger partial charge < -0.3 is 4.90 Å². The van der Waals surface area contributed by atoms with E-state index in [1.807, 2.05) is 0 Å². The Morgan fingerprint density at radius 2 is 2.07 bits per heavy atom. The number of nitrogens with two attached hydrogens (primary N) is 1. The van der Waals surface area contributed by atoms with Crippen LogP contribution in [0.1, 0.15) is 40.5 Å². The third-order valence-corrected chi connectivity index (χ3v) is 3.47. The summed E-state index contributed by atoms with van der Waals surface area (Å²) in [5.74, 6) is 5.90. The Labute approximate surface area is 87.6 Å². The van der Waals surface area contributed by atoms with E-state index >= 15 is 0 Å². The largest absolute Gasteiger partial charge is 0.301 e. The predicted octanol–water partition coefficient (Wildman–Crippen LogP) is 1.78. The van der Waals surface area contributed by atoms with Crippen molar-refractivity contribution < 1.29 is 4.84 Å². The molecular weight excluding hydrogens is 176 g/mol. The van der Waals surface area contributed by atoms with Crippen molar-refractivity contribution in [3.63, 3.8) is 0 Å². The van der Waals surface area contributed by atoms with Gasteiger partial charge in [0.25, 0.3) is 0 Å². The van der Waals surface area contributed by atoms with Crippen LogP contribution in [0, 0.1) is 5.92 Å². The van der Waals surface area contributed by atoms with E-state index in [0.29, 0.717) is 12.0 Å². The topological polar surface area (TPSA) is 38.5 Å². The zero-order valence-corrected chi connectivity index (χ0v) is 9.92. The summed E-state index contributed by atoms with van der Waals surface area (Å²) in [7, 11) is 0. The Balaban J connectivity index is 2.56. The highest BCUT2D eigenvalue weighted by Crippen LogP contribution is 2.29. The second-order valence-corrected chi connectivity index (χ2v) is 5.15. The lowest BCUT2D eigenvalue weighted by molar-refractivity contribution is -0.0844. The molecule has 0 spiro atoms. The molecule has 0 saturated carbocycles. The van der Waals surface area contributed by atoms with Gasteiger partial charge in [0.1, 0.15) is 0 Å². The zero-order valence-electron chi connectivity index (χ0n) is 9.92. The molecule has 0 aromatic heterocycles. The van der Waals surface area contributed by atoms with Crippen molar-refractivity contribution in [1.29, 1.82) is 0 Å². The van der Waals surface area contributed by atoms with E-state index in [9.17, 15) is 0 Å². The van der Waals surface area contributed by atoms with Crippen LogP contribution in [0.2, 0.25) is 0 Å². The number of nitrogens with zero attached hydrogens (tertiary/aromatic N) is 1. The van der Waals surface area contributed by atoms with Crippen molar-refractivity contribution >= 4 is 0 Å². The van der Waals surface area contributed by atoms with Crippen LogP contribution < -0.4 is 5.90 Å². The highest BCUT2D eigenvalue weighted by molar-refractivity contribution is 4.85. The molecule has 1 heterocycles. The number of likely N-dealkylation sites (tertiary alicyclic amines) is 1. The van der Waals surface area contributed by atoms with Crippen LogP contribution in [0.15, 0.2) is 0 Å². The van der Waals surface area contributed by atoms with Crippen molar-refractivity contribution in [2.75, 3.05) is 13.1 Å². The van der Waals surface area contributed by atoms with E-state index in [1.54, 1.807) is 0 Å². The summed E-state index contributed by atoms with van der Waals surface area (Å²) >= 11 is 0. The molecule has 1 atom stereocenters. The minimum Gasteiger partial charge on any atom is -0.301 e. The quantitative estimate of drug-likeness (QED) is 0.706. The first kappa shape index (κ1) is 12.0. The summed E-state index contributed by atoms with van der Waals surface area (Å²) in [5.41, 5.74) is -0.187. The van der Waals surface area contributed by atoms with Gasteiger partial charge in [-0.1, -0.05) is 0 Å². The van der Waals surface area contributed by atoms with Crippen LogP contribution in [0.3, 0.4) is 0 Å². The average molecular weight is 200 g/mol. The second-order valence-electron chi connectivity index (χ2n) is 5.15. The molecule has 1 unspecified atom stereocenters. The minimum atomic E-state index is -0.187. The van der Waals surface area contributed by atoms with Gasteiger partial charge in [-0.2, -0.15) is 0 Å². The standard InChI is InChI=1S/C11H24N2O/c1-9(2)13-7-5-6-10(8-13)11(3,4)14-12/h9-10H,5-8,12H2,1-4H3. The van der Waals surface area contributed by atoms with Crippen molar-refractivity contribution in [2.45, 2.75) is 52.2 Å². The van der Waals surface area contributed by atoms with E-state index in [0.717, 1.165) is 6.54 Å². The second kappa shape index (κ2) is 4.60. The molecule has 1 aliphatic rings. The monoisotopic (exact) mass is 200 g/mol. The molecule has 84 valence electrons. The van der Waals surface area contributed by atoms with Gasteiger partial charge in [-0.05, 0) is 47.1 Å². The molecule has 0 aliphatic carbocycles. The number of piperidine rings is 1. The summed E-state index contributed by atoms with van der Waals surface area (Å²) in [6, 6.07) is 0.631. The van der Waals surface area contributed by atoms with Gasteiger partial charge in [0.15, 0.2) is 0 Å². The molecule has 0 aromatic carbocycles. The normalized spacial score (nSPS) is 25.7. The minimum absolute atomic E-state index is 0.187. The maximum Gasteiger partial charge on any atom is 0.0878 e. The first-order chi connectivity index (χ1) is 6.47. The maximum absolute atomic E-state index is 5.34. The van der Waals surface area contributed by atoms with Crippen LogP contribution >= 0.6 is 0 Å². The summed E-state index contributed by atoms with van der Waals surface area (Å²) < 4.78 is 0. The lowest BCUT2D eigenvalue weighted by atomic mass is 9.84. The van der Waals surface area contributed by atoms with E-state index in [2.05, 4.69) is 32.6 Å². The highest BCUT2D eigenvalue weighted by Gasteiger charge is 2.34. The Kier molecular flexibility index (Phi) is 3.93. The number of hydrogen-bond acceptors (Lipinski definition) is 3. The van der Waals surface area contributed by atoms with E-state index in [-0.39, 0.29) is 5.60 Å². The lowest BCUT2D eigenvalue weighted by Crippen LogP contribution is -2.49. The first-order valence-corrected chi connectivity index (χ1v) is 5.59. The Morgan fingerprint density at radius 1 is 1.43 bits per heavy atom. The third-order valence-electron chi connectivity index (χ3n) is 3.47. The van der Waals surface area contributed by atoms with Crippen LogP contribution in [-0.4, -0.2) is 29.6 Å². The van der Waals surface area contributed by atoms with Gasteiger partial charge in [0.05, 0.1) is 5.60 Å². The van der Waals surface area contributed by atoms with Crippen molar-refractivity contribution in [1.82, 2.24) is 4.90 Å². The molecule has 14 heavy (non-hydrogen) atoms. The summed E-state index contributed by atoms with van der Waals surface area (Å²) in [5, 5.41) is 0. The van der Waals surface area contributed by atoms with Crippen molar-refractivity contribution in [3.05, 3.63) is 0 Å². The molecule has 0 bridgehead atoms. The van der Waals surface area contributed by atoms with E-state index in [4.69, 9.17) is 10.7 Å². The Morgan fingerprint density at radius 3 is 2.57 bits per heavy atom. The van der Waals surface area contributed by atoms with Crippen LogP contribution in [0.5, 0.6) is 0 Å². The number of hydrogen-bond donors (Lipinski definition) is 1. The van der Waals surface area contributed by atoms with Gasteiger partial charge in [-0.25, -0.2) is 5.90 Å². The highest BCUT2D eigenvalue weighted by atomic mass is 16.6. The van der Waals surface area contributed by atoms with E-state index < -0.39 is 0 Å². The SMILES string of the molecule is CC(C)N1CCCC(C(C)(C)ON)C1. The molecule has 0 aromatic rings. The van der Waals surface area contributed by atoms with Gasteiger partial charge in [-0.15, -0.1) is 0 Å². The number of rotatable bonds is 3.